The summed E-state index contributed by atoms with van der Waals surface area (Å²) in [4.78, 5) is 0. The summed E-state index contributed by atoms with van der Waals surface area (Å²) >= 11 is 5.36. The highest BCUT2D eigenvalue weighted by Crippen LogP contribution is 2.26. The fourth-order valence-electron chi connectivity index (χ4n) is 0.696. The van der Waals surface area contributed by atoms with Crippen LogP contribution in [0.3, 0.4) is 0 Å². The van der Waals surface area contributed by atoms with Gasteiger partial charge in [-0.1, -0.05) is 18.2 Å². The highest BCUT2D eigenvalue weighted by molar-refractivity contribution is 7.64. The average Bonchev–Trinajstić information content (AvgIpc) is 1.94. The molecule has 3 heteroatoms. The van der Waals surface area contributed by atoms with Gasteiger partial charge in [0.1, 0.15) is 5.75 Å². The van der Waals surface area contributed by atoms with Gasteiger partial charge in [0.2, 0.25) is 0 Å². The Kier molecular flexibility index (Phi) is 2.98. The lowest BCUT2D eigenvalue weighted by Crippen LogP contribution is -1.78. The topological polar surface area (TPSA) is 9.23 Å². The molecule has 0 heterocycles. The molecule has 0 aliphatic carbocycles. The fourth-order valence-corrected chi connectivity index (χ4v) is 1.20. The Bertz CT molecular complexity index is 215. The van der Waals surface area contributed by atoms with Gasteiger partial charge in [-0.3, -0.25) is 0 Å². The van der Waals surface area contributed by atoms with Gasteiger partial charge in [0.05, 0.1) is 0 Å². The summed E-state index contributed by atoms with van der Waals surface area (Å²) in [6.07, 6.45) is 0. The summed E-state index contributed by atoms with van der Waals surface area (Å²) in [7, 11) is 0.422. The van der Waals surface area contributed by atoms with Crippen molar-refractivity contribution in [3.05, 3.63) is 29.8 Å². The van der Waals surface area contributed by atoms with Gasteiger partial charge in [-0.05, 0) is 29.8 Å². The van der Waals surface area contributed by atoms with Gasteiger partial charge >= 0.3 is 0 Å². The lowest BCUT2D eigenvalue weighted by atomic mass is 10.2. The number of hydrogen-bond donors (Lipinski definition) is 0. The summed E-state index contributed by atoms with van der Waals surface area (Å²) in [6, 6.07) is 7.76. The van der Waals surface area contributed by atoms with Gasteiger partial charge in [0.15, 0.2) is 0 Å². The Morgan fingerprint density at radius 3 is 2.70 bits per heavy atom. The van der Waals surface area contributed by atoms with Crippen LogP contribution in [0.5, 0.6) is 5.75 Å². The first-order valence-corrected chi connectivity index (χ1v) is 4.60. The smallest absolute Gasteiger partial charge is 0.264 e. The molecule has 0 aliphatic rings. The van der Waals surface area contributed by atoms with E-state index in [-0.39, 0.29) is 0 Å². The Morgan fingerprint density at radius 2 is 2.10 bits per heavy atom. The van der Waals surface area contributed by atoms with E-state index < -0.39 is 0 Å². The van der Waals surface area contributed by atoms with E-state index >= 15 is 0 Å². The van der Waals surface area contributed by atoms with E-state index in [1.807, 2.05) is 31.2 Å². The first-order valence-electron chi connectivity index (χ1n) is 2.88. The lowest BCUT2D eigenvalue weighted by molar-refractivity contribution is 0.636. The molecular weight excluding hydrogens is 167 g/mol. The van der Waals surface area contributed by atoms with E-state index in [4.69, 9.17) is 15.8 Å². The molecule has 1 rings (SSSR count). The lowest BCUT2D eigenvalue weighted by Gasteiger charge is -2.01. The molecule has 1 nitrogen and oxygen atoms in total. The van der Waals surface area contributed by atoms with Crippen LogP contribution >= 0.6 is 19.4 Å². The molecule has 10 heavy (non-hydrogen) atoms. The van der Waals surface area contributed by atoms with Crippen LogP contribution in [0.2, 0.25) is 0 Å². The normalized spacial score (nSPS) is 10.6. The quantitative estimate of drug-likeness (QED) is 0.623. The van der Waals surface area contributed by atoms with Crippen LogP contribution in [0.25, 0.3) is 0 Å². The maximum atomic E-state index is 5.36. The molecule has 53 valence electrons. The van der Waals surface area contributed by atoms with Crippen molar-refractivity contribution in [1.82, 2.24) is 0 Å². The first kappa shape index (κ1) is 7.84. The van der Waals surface area contributed by atoms with Gasteiger partial charge in [-0.15, -0.1) is 0 Å². The van der Waals surface area contributed by atoms with Gasteiger partial charge in [-0.2, -0.15) is 0 Å². The molecular formula is C7H7ClOP. The van der Waals surface area contributed by atoms with Crippen LogP contribution in [0.4, 0.5) is 0 Å². The molecule has 0 unspecified atom stereocenters. The number of para-hydroxylation sites is 1. The van der Waals surface area contributed by atoms with Crippen molar-refractivity contribution in [3.63, 3.8) is 0 Å². The molecule has 0 spiro atoms. The molecule has 0 aromatic heterocycles. The third kappa shape index (κ3) is 1.86. The summed E-state index contributed by atoms with van der Waals surface area (Å²) in [6.45, 7) is 1.98. The minimum Gasteiger partial charge on any atom is -0.449 e. The third-order valence-electron chi connectivity index (χ3n) is 1.23. The molecule has 0 saturated heterocycles. The monoisotopic (exact) mass is 173 g/mol. The number of halogens is 1. The van der Waals surface area contributed by atoms with Gasteiger partial charge in [0, 0.05) is 0 Å². The van der Waals surface area contributed by atoms with Gasteiger partial charge < -0.3 is 4.52 Å². The van der Waals surface area contributed by atoms with Crippen LogP contribution in [0.15, 0.2) is 24.3 Å². The van der Waals surface area contributed by atoms with E-state index in [1.165, 1.54) is 0 Å². The van der Waals surface area contributed by atoms with Crippen molar-refractivity contribution in [1.29, 1.82) is 0 Å². The third-order valence-corrected chi connectivity index (χ3v) is 1.70. The van der Waals surface area contributed by atoms with Crippen molar-refractivity contribution < 1.29 is 4.52 Å². The fraction of sp³-hybridized carbons (Fsp3) is 0.143. The van der Waals surface area contributed by atoms with Crippen LogP contribution in [-0.4, -0.2) is 0 Å². The largest absolute Gasteiger partial charge is 0.449 e. The molecule has 0 fully saturated rings. The highest BCUT2D eigenvalue weighted by atomic mass is 35.7. The second-order valence-corrected chi connectivity index (χ2v) is 2.66. The van der Waals surface area contributed by atoms with Crippen LogP contribution in [-0.2, 0) is 0 Å². The molecule has 0 aliphatic heterocycles. The average molecular weight is 174 g/mol. The molecule has 1 aromatic carbocycles. The first-order chi connectivity index (χ1) is 4.84. The molecule has 0 saturated carbocycles. The van der Waals surface area contributed by atoms with E-state index in [1.54, 1.807) is 0 Å². The van der Waals surface area contributed by atoms with Crippen molar-refractivity contribution in [2.45, 2.75) is 6.92 Å². The Morgan fingerprint density at radius 1 is 1.40 bits per heavy atom. The van der Waals surface area contributed by atoms with Gasteiger partial charge in [-0.25, -0.2) is 0 Å². The minimum atomic E-state index is 0.422. The molecule has 1 radical (unpaired) electrons. The molecule has 0 atom stereocenters. The van der Waals surface area contributed by atoms with Gasteiger partial charge in [0.25, 0.3) is 8.16 Å². The summed E-state index contributed by atoms with van der Waals surface area (Å²) in [5.41, 5.74) is 1.11. The second kappa shape index (κ2) is 3.80. The molecule has 0 N–H and O–H groups in total. The zero-order valence-electron chi connectivity index (χ0n) is 5.54. The van der Waals surface area contributed by atoms with Crippen molar-refractivity contribution in [2.75, 3.05) is 0 Å². The van der Waals surface area contributed by atoms with Crippen LogP contribution < -0.4 is 4.52 Å². The standard InChI is InChI=1S/C7H7ClOP/c1-6-4-2-3-5-7(6)9-10-8/h2-5H,1H3. The summed E-state index contributed by atoms with van der Waals surface area (Å²) < 4.78 is 5.07. The van der Waals surface area contributed by atoms with Crippen molar-refractivity contribution in [2.24, 2.45) is 0 Å². The minimum absolute atomic E-state index is 0.422. The van der Waals surface area contributed by atoms with E-state index in [2.05, 4.69) is 0 Å². The second-order valence-electron chi connectivity index (χ2n) is 1.93. The van der Waals surface area contributed by atoms with Crippen LogP contribution in [0.1, 0.15) is 5.56 Å². The van der Waals surface area contributed by atoms with Crippen LogP contribution in [0, 0.1) is 6.92 Å². The SMILES string of the molecule is Cc1ccccc1O[P]Cl. The van der Waals surface area contributed by atoms with Crippen molar-refractivity contribution >= 4 is 19.4 Å². The zero-order chi connectivity index (χ0) is 7.40. The van der Waals surface area contributed by atoms with Crippen molar-refractivity contribution in [3.8, 4) is 5.75 Å². The Hall–Kier alpha value is -0.260. The molecule has 0 amide bonds. The van der Waals surface area contributed by atoms with E-state index in [0.717, 1.165) is 11.3 Å². The number of rotatable bonds is 2. The number of benzene rings is 1. The predicted molar refractivity (Wildman–Crippen MR) is 44.6 cm³/mol. The molecule has 0 bridgehead atoms. The maximum Gasteiger partial charge on any atom is 0.264 e. The molecule has 1 aromatic rings. The number of hydrogen-bond acceptors (Lipinski definition) is 1. The summed E-state index contributed by atoms with van der Waals surface area (Å²) in [5.74, 6) is 0.846. The van der Waals surface area contributed by atoms with E-state index in [9.17, 15) is 0 Å². The highest BCUT2D eigenvalue weighted by Gasteiger charge is 1.94. The predicted octanol–water partition coefficient (Wildman–Crippen LogP) is 3.39. The van der Waals surface area contributed by atoms with E-state index in [0.29, 0.717) is 8.16 Å². The summed E-state index contributed by atoms with van der Waals surface area (Å²) in [5, 5.41) is 0. The maximum absolute atomic E-state index is 5.36. The Balaban J connectivity index is 2.81. The Labute approximate surface area is 67.0 Å². The number of aryl methyl sites for hydroxylation is 1. The zero-order valence-corrected chi connectivity index (χ0v) is 7.19.